The van der Waals surface area contributed by atoms with E-state index >= 15 is 0 Å². The molecule has 25 heavy (non-hydrogen) atoms. The van der Waals surface area contributed by atoms with E-state index in [-0.39, 0.29) is 17.3 Å². The maximum absolute atomic E-state index is 12.0. The van der Waals surface area contributed by atoms with Gasteiger partial charge in [0.1, 0.15) is 11.4 Å². The topological polar surface area (TPSA) is 60.2 Å². The summed E-state index contributed by atoms with van der Waals surface area (Å²) in [6.45, 7) is 3.93. The number of rotatable bonds is 4. The third-order valence-corrected chi connectivity index (χ3v) is 5.79. The van der Waals surface area contributed by atoms with Crippen molar-refractivity contribution in [1.82, 2.24) is 14.8 Å². The van der Waals surface area contributed by atoms with E-state index in [0.29, 0.717) is 6.42 Å². The van der Waals surface area contributed by atoms with Crippen molar-refractivity contribution in [3.8, 4) is 5.69 Å². The summed E-state index contributed by atoms with van der Waals surface area (Å²) in [5.41, 5.74) is 1.02. The van der Waals surface area contributed by atoms with Gasteiger partial charge in [0.05, 0.1) is 5.69 Å². The average molecular weight is 358 g/mol. The highest BCUT2D eigenvalue weighted by molar-refractivity contribution is 8.00. The largest absolute Gasteiger partial charge is 0.462 e. The van der Waals surface area contributed by atoms with Gasteiger partial charge in [-0.25, -0.2) is 0 Å². The number of piperidine rings is 1. The first-order chi connectivity index (χ1) is 12.2. The van der Waals surface area contributed by atoms with Crippen molar-refractivity contribution in [1.29, 1.82) is 0 Å². The number of aromatic nitrogens is 3. The van der Waals surface area contributed by atoms with E-state index in [1.54, 1.807) is 0 Å². The second-order valence-corrected chi connectivity index (χ2v) is 7.76. The van der Waals surface area contributed by atoms with Crippen molar-refractivity contribution in [2.75, 3.05) is 18.0 Å². The zero-order valence-electron chi connectivity index (χ0n) is 14.3. The number of thioether (sulfide) groups is 1. The first-order valence-corrected chi connectivity index (χ1v) is 9.73. The standard InChI is InChI=1S/C18H22N4O2S/c1-13-12-15(16(23)24-13)25-18-20-19-17(21-10-6-3-7-11-21)22(18)14-8-4-2-5-9-14/h2,4-5,8-9,13,15H,3,6-7,10-12H2,1H3/t13-,15-/m1/s1. The van der Waals surface area contributed by atoms with E-state index in [0.717, 1.165) is 29.9 Å². The van der Waals surface area contributed by atoms with Crippen LogP contribution in [0.2, 0.25) is 0 Å². The van der Waals surface area contributed by atoms with Crippen LogP contribution in [-0.2, 0) is 9.53 Å². The number of nitrogens with zero attached hydrogens (tertiary/aromatic N) is 4. The lowest BCUT2D eigenvalue weighted by molar-refractivity contribution is -0.140. The maximum Gasteiger partial charge on any atom is 0.319 e. The lowest BCUT2D eigenvalue weighted by atomic mass is 10.1. The van der Waals surface area contributed by atoms with Crippen molar-refractivity contribution >= 4 is 23.7 Å². The summed E-state index contributed by atoms with van der Waals surface area (Å²) in [7, 11) is 0. The number of anilines is 1. The number of benzene rings is 1. The highest BCUT2D eigenvalue weighted by Crippen LogP contribution is 2.34. The van der Waals surface area contributed by atoms with Gasteiger partial charge in [-0.1, -0.05) is 30.0 Å². The Morgan fingerprint density at radius 3 is 2.56 bits per heavy atom. The molecule has 0 aliphatic carbocycles. The minimum Gasteiger partial charge on any atom is -0.462 e. The zero-order valence-corrected chi connectivity index (χ0v) is 15.1. The summed E-state index contributed by atoms with van der Waals surface area (Å²) in [6.07, 6.45) is 4.31. The molecule has 6 nitrogen and oxygen atoms in total. The summed E-state index contributed by atoms with van der Waals surface area (Å²) in [4.78, 5) is 14.3. The molecule has 132 valence electrons. The molecular formula is C18H22N4O2S. The van der Waals surface area contributed by atoms with Crippen LogP contribution >= 0.6 is 11.8 Å². The molecule has 1 aromatic carbocycles. The number of carbonyl (C=O) groups excluding carboxylic acids is 1. The third kappa shape index (κ3) is 3.38. The Bertz CT molecular complexity index is 743. The van der Waals surface area contributed by atoms with Crippen molar-refractivity contribution < 1.29 is 9.53 Å². The highest BCUT2D eigenvalue weighted by atomic mass is 32.2. The predicted molar refractivity (Wildman–Crippen MR) is 97.2 cm³/mol. The van der Waals surface area contributed by atoms with Crippen LogP contribution in [0.25, 0.3) is 5.69 Å². The van der Waals surface area contributed by atoms with E-state index < -0.39 is 0 Å². The Balaban J connectivity index is 1.69. The predicted octanol–water partition coefficient (Wildman–Crippen LogP) is 3.05. The molecule has 2 aliphatic heterocycles. The summed E-state index contributed by atoms with van der Waals surface area (Å²) in [5.74, 6) is 0.715. The molecule has 2 atom stereocenters. The van der Waals surface area contributed by atoms with Gasteiger partial charge in [-0.05, 0) is 38.3 Å². The molecule has 2 aromatic rings. The molecule has 0 unspecified atom stereocenters. The summed E-state index contributed by atoms with van der Waals surface area (Å²) < 4.78 is 7.36. The minimum absolute atomic E-state index is 0.0281. The van der Waals surface area contributed by atoms with Crippen LogP contribution in [-0.4, -0.2) is 45.2 Å². The van der Waals surface area contributed by atoms with Crippen LogP contribution in [0, 0.1) is 0 Å². The smallest absolute Gasteiger partial charge is 0.319 e. The lowest BCUT2D eigenvalue weighted by Gasteiger charge is -2.27. The first-order valence-electron chi connectivity index (χ1n) is 8.85. The monoisotopic (exact) mass is 358 g/mol. The molecule has 0 amide bonds. The van der Waals surface area contributed by atoms with E-state index in [9.17, 15) is 4.79 Å². The third-order valence-electron chi connectivity index (χ3n) is 4.64. The Hall–Kier alpha value is -2.02. The molecule has 4 rings (SSSR count). The van der Waals surface area contributed by atoms with Gasteiger partial charge in [0.2, 0.25) is 5.95 Å². The number of hydrogen-bond donors (Lipinski definition) is 0. The van der Waals surface area contributed by atoms with Crippen LogP contribution in [0.1, 0.15) is 32.6 Å². The maximum atomic E-state index is 12.0. The van der Waals surface area contributed by atoms with Crippen molar-refractivity contribution in [2.24, 2.45) is 0 Å². The lowest BCUT2D eigenvalue weighted by Crippen LogP contribution is -2.31. The van der Waals surface area contributed by atoms with Gasteiger partial charge >= 0.3 is 5.97 Å². The van der Waals surface area contributed by atoms with Crippen molar-refractivity contribution in [3.05, 3.63) is 30.3 Å². The summed E-state index contributed by atoms with van der Waals surface area (Å²) >= 11 is 1.46. The van der Waals surface area contributed by atoms with Gasteiger partial charge in [-0.2, -0.15) is 0 Å². The fourth-order valence-corrected chi connectivity index (χ4v) is 4.54. The van der Waals surface area contributed by atoms with Crippen LogP contribution in [0.5, 0.6) is 0 Å². The Kier molecular flexibility index (Phi) is 4.65. The summed E-state index contributed by atoms with van der Waals surface area (Å²) in [5, 5.41) is 9.43. The molecular weight excluding hydrogens is 336 g/mol. The van der Waals surface area contributed by atoms with Crippen LogP contribution in [0.3, 0.4) is 0 Å². The fraction of sp³-hybridized carbons (Fsp3) is 0.500. The molecule has 3 heterocycles. The quantitative estimate of drug-likeness (QED) is 0.783. The van der Waals surface area contributed by atoms with Gasteiger partial charge in [-0.3, -0.25) is 9.36 Å². The minimum atomic E-state index is -0.212. The van der Waals surface area contributed by atoms with E-state index in [1.165, 1.54) is 31.0 Å². The number of cyclic esters (lactones) is 1. The zero-order chi connectivity index (χ0) is 17.2. The molecule has 0 bridgehead atoms. The highest BCUT2D eigenvalue weighted by Gasteiger charge is 2.35. The second kappa shape index (κ2) is 7.07. The van der Waals surface area contributed by atoms with E-state index in [1.807, 2.05) is 25.1 Å². The molecule has 0 N–H and O–H groups in total. The van der Waals surface area contributed by atoms with E-state index in [4.69, 9.17) is 4.74 Å². The molecule has 7 heteroatoms. The van der Waals surface area contributed by atoms with Gasteiger partial charge in [0.15, 0.2) is 5.16 Å². The van der Waals surface area contributed by atoms with Crippen molar-refractivity contribution in [3.63, 3.8) is 0 Å². The molecule has 2 fully saturated rings. The Morgan fingerprint density at radius 1 is 1.12 bits per heavy atom. The molecule has 0 spiro atoms. The molecule has 1 aromatic heterocycles. The molecule has 0 radical (unpaired) electrons. The van der Waals surface area contributed by atoms with Crippen molar-refractivity contribution in [2.45, 2.75) is 49.1 Å². The number of hydrogen-bond acceptors (Lipinski definition) is 6. The van der Waals surface area contributed by atoms with Gasteiger partial charge in [0, 0.05) is 19.5 Å². The number of para-hydroxylation sites is 1. The first kappa shape index (κ1) is 16.4. The Morgan fingerprint density at radius 2 is 1.88 bits per heavy atom. The van der Waals surface area contributed by atoms with Gasteiger partial charge in [-0.15, -0.1) is 10.2 Å². The summed E-state index contributed by atoms with van der Waals surface area (Å²) in [6, 6.07) is 10.1. The fourth-order valence-electron chi connectivity index (χ4n) is 3.38. The molecule has 2 saturated heterocycles. The van der Waals surface area contributed by atoms with Crippen LogP contribution < -0.4 is 4.90 Å². The molecule has 0 saturated carbocycles. The van der Waals surface area contributed by atoms with Crippen LogP contribution in [0.4, 0.5) is 5.95 Å². The second-order valence-electron chi connectivity index (χ2n) is 6.59. The van der Waals surface area contributed by atoms with Gasteiger partial charge < -0.3 is 9.64 Å². The number of esters is 1. The van der Waals surface area contributed by atoms with Gasteiger partial charge in [0.25, 0.3) is 0 Å². The SMILES string of the molecule is C[C@@H]1C[C@@H](Sc2nnc(N3CCCCC3)n2-c2ccccc2)C(=O)O1. The van der Waals surface area contributed by atoms with Crippen LogP contribution in [0.15, 0.2) is 35.5 Å². The number of carbonyl (C=O) groups is 1. The Labute approximate surface area is 151 Å². The van der Waals surface area contributed by atoms with E-state index in [2.05, 4.69) is 31.8 Å². The number of ether oxygens (including phenoxy) is 1. The molecule has 2 aliphatic rings. The normalized spacial score (nSPS) is 23.7. The average Bonchev–Trinajstić information content (AvgIpc) is 3.19.